The molecule has 1 unspecified atom stereocenters. The molecule has 74 valence electrons. The predicted molar refractivity (Wildman–Crippen MR) is 57.7 cm³/mol. The van der Waals surface area contributed by atoms with Crippen LogP contribution in [0.15, 0.2) is 11.1 Å². The standard InChI is InChI=1S/C13H22/c1-11-8-9-13(10-11)12-6-4-2-3-5-7-12/h11H,2-10H2,1H3. The van der Waals surface area contributed by atoms with E-state index in [1.807, 2.05) is 11.1 Å². The Balaban J connectivity index is 2.03. The Morgan fingerprint density at radius 2 is 1.54 bits per heavy atom. The van der Waals surface area contributed by atoms with Crippen molar-refractivity contribution in [2.45, 2.75) is 64.7 Å². The van der Waals surface area contributed by atoms with Gasteiger partial charge in [-0.25, -0.2) is 0 Å². The molecule has 2 rings (SSSR count). The second kappa shape index (κ2) is 4.30. The molecule has 0 spiro atoms. The summed E-state index contributed by atoms with van der Waals surface area (Å²) in [5, 5.41) is 0. The zero-order valence-electron chi connectivity index (χ0n) is 8.94. The summed E-state index contributed by atoms with van der Waals surface area (Å²) in [7, 11) is 0. The molecule has 2 fully saturated rings. The van der Waals surface area contributed by atoms with Gasteiger partial charge in [-0.1, -0.05) is 30.9 Å². The van der Waals surface area contributed by atoms with Gasteiger partial charge in [-0.15, -0.1) is 0 Å². The summed E-state index contributed by atoms with van der Waals surface area (Å²) < 4.78 is 0. The fraction of sp³-hybridized carbons (Fsp3) is 0.846. The molecule has 0 nitrogen and oxygen atoms in total. The number of rotatable bonds is 0. The van der Waals surface area contributed by atoms with Crippen LogP contribution in [0.4, 0.5) is 0 Å². The molecule has 2 aliphatic rings. The highest BCUT2D eigenvalue weighted by molar-refractivity contribution is 5.18. The Morgan fingerprint density at radius 1 is 0.846 bits per heavy atom. The van der Waals surface area contributed by atoms with Crippen LogP contribution >= 0.6 is 0 Å². The molecule has 0 heterocycles. The van der Waals surface area contributed by atoms with Crippen LogP contribution in [0.5, 0.6) is 0 Å². The highest BCUT2D eigenvalue weighted by Gasteiger charge is 2.18. The van der Waals surface area contributed by atoms with Gasteiger partial charge in [-0.3, -0.25) is 0 Å². The lowest BCUT2D eigenvalue weighted by atomic mass is 9.99. The van der Waals surface area contributed by atoms with Crippen molar-refractivity contribution in [1.29, 1.82) is 0 Å². The van der Waals surface area contributed by atoms with Gasteiger partial charge in [0.25, 0.3) is 0 Å². The Bertz CT molecular complexity index is 190. The van der Waals surface area contributed by atoms with Crippen LogP contribution in [0.3, 0.4) is 0 Å². The normalized spacial score (nSPS) is 30.7. The summed E-state index contributed by atoms with van der Waals surface area (Å²) in [6, 6.07) is 0. The van der Waals surface area contributed by atoms with E-state index in [0.29, 0.717) is 0 Å². The van der Waals surface area contributed by atoms with Gasteiger partial charge >= 0.3 is 0 Å². The van der Waals surface area contributed by atoms with E-state index in [9.17, 15) is 0 Å². The zero-order valence-corrected chi connectivity index (χ0v) is 8.94. The lowest BCUT2D eigenvalue weighted by Gasteiger charge is -2.07. The topological polar surface area (TPSA) is 0 Å². The second-order valence-corrected chi connectivity index (χ2v) is 4.97. The Labute approximate surface area is 82.4 Å². The van der Waals surface area contributed by atoms with Gasteiger partial charge in [0.05, 0.1) is 0 Å². The maximum Gasteiger partial charge on any atom is -0.0292 e. The number of hydrogen-bond donors (Lipinski definition) is 0. The highest BCUT2D eigenvalue weighted by Crippen LogP contribution is 2.36. The van der Waals surface area contributed by atoms with Crippen molar-refractivity contribution in [3.05, 3.63) is 11.1 Å². The van der Waals surface area contributed by atoms with E-state index in [-0.39, 0.29) is 0 Å². The largest absolute Gasteiger partial charge is 0.0710 e. The van der Waals surface area contributed by atoms with Crippen LogP contribution < -0.4 is 0 Å². The molecule has 0 aromatic carbocycles. The van der Waals surface area contributed by atoms with Gasteiger partial charge in [0.15, 0.2) is 0 Å². The van der Waals surface area contributed by atoms with Crippen molar-refractivity contribution >= 4 is 0 Å². The van der Waals surface area contributed by atoms with E-state index in [0.717, 1.165) is 5.92 Å². The molecule has 0 saturated heterocycles. The first-order valence-electron chi connectivity index (χ1n) is 6.06. The third-order valence-corrected chi connectivity index (χ3v) is 3.74. The smallest absolute Gasteiger partial charge is 0.0292 e. The third-order valence-electron chi connectivity index (χ3n) is 3.74. The van der Waals surface area contributed by atoms with E-state index in [1.165, 1.54) is 57.8 Å². The van der Waals surface area contributed by atoms with Crippen LogP contribution in [-0.2, 0) is 0 Å². The van der Waals surface area contributed by atoms with Crippen LogP contribution in [0, 0.1) is 5.92 Å². The summed E-state index contributed by atoms with van der Waals surface area (Å²) in [4.78, 5) is 0. The van der Waals surface area contributed by atoms with Gasteiger partial charge in [-0.2, -0.15) is 0 Å². The Kier molecular flexibility index (Phi) is 3.08. The lowest BCUT2D eigenvalue weighted by molar-refractivity contribution is 0.619. The molecule has 13 heavy (non-hydrogen) atoms. The number of allylic oxidation sites excluding steroid dienone is 2. The molecule has 0 aromatic heterocycles. The molecule has 2 saturated carbocycles. The lowest BCUT2D eigenvalue weighted by Crippen LogP contribution is -1.88. The van der Waals surface area contributed by atoms with Crippen molar-refractivity contribution in [3.63, 3.8) is 0 Å². The average Bonchev–Trinajstić information content (AvgIpc) is 2.43. The van der Waals surface area contributed by atoms with Crippen molar-refractivity contribution in [2.75, 3.05) is 0 Å². The summed E-state index contributed by atoms with van der Waals surface area (Å²) in [6.07, 6.45) is 13.1. The summed E-state index contributed by atoms with van der Waals surface area (Å²) in [6.45, 7) is 2.41. The van der Waals surface area contributed by atoms with Crippen LogP contribution in [-0.4, -0.2) is 0 Å². The van der Waals surface area contributed by atoms with Crippen molar-refractivity contribution in [2.24, 2.45) is 5.92 Å². The first-order chi connectivity index (χ1) is 6.36. The molecule has 0 heteroatoms. The van der Waals surface area contributed by atoms with Crippen LogP contribution in [0.25, 0.3) is 0 Å². The van der Waals surface area contributed by atoms with Gasteiger partial charge in [0, 0.05) is 0 Å². The maximum absolute atomic E-state index is 2.41. The molecule has 1 atom stereocenters. The zero-order chi connectivity index (χ0) is 9.10. The highest BCUT2D eigenvalue weighted by atomic mass is 14.2. The Hall–Kier alpha value is -0.260. The van der Waals surface area contributed by atoms with Crippen molar-refractivity contribution in [3.8, 4) is 0 Å². The minimum absolute atomic E-state index is 0.978. The van der Waals surface area contributed by atoms with Gasteiger partial charge < -0.3 is 0 Å². The van der Waals surface area contributed by atoms with Crippen molar-refractivity contribution in [1.82, 2.24) is 0 Å². The molecular weight excluding hydrogens is 156 g/mol. The van der Waals surface area contributed by atoms with E-state index >= 15 is 0 Å². The van der Waals surface area contributed by atoms with Crippen LogP contribution in [0.2, 0.25) is 0 Å². The molecular formula is C13H22. The van der Waals surface area contributed by atoms with Gasteiger partial charge in [0.2, 0.25) is 0 Å². The quantitative estimate of drug-likeness (QED) is 0.379. The fourth-order valence-electron chi connectivity index (χ4n) is 2.88. The SMILES string of the molecule is CC1CCC(=C2CCCCCC2)C1. The summed E-state index contributed by atoms with van der Waals surface area (Å²) in [5.41, 5.74) is 3.72. The third kappa shape index (κ3) is 2.36. The first-order valence-corrected chi connectivity index (χ1v) is 6.06. The molecule has 0 aromatic rings. The molecule has 0 amide bonds. The van der Waals surface area contributed by atoms with E-state index in [1.54, 1.807) is 0 Å². The monoisotopic (exact) mass is 178 g/mol. The molecule has 0 aliphatic heterocycles. The molecule has 0 radical (unpaired) electrons. The maximum atomic E-state index is 2.41. The second-order valence-electron chi connectivity index (χ2n) is 4.97. The fourth-order valence-corrected chi connectivity index (χ4v) is 2.88. The van der Waals surface area contributed by atoms with Crippen LogP contribution in [0.1, 0.15) is 64.7 Å². The van der Waals surface area contributed by atoms with Gasteiger partial charge in [-0.05, 0) is 50.9 Å². The minimum Gasteiger partial charge on any atom is -0.0710 e. The predicted octanol–water partition coefficient (Wildman–Crippen LogP) is 4.46. The van der Waals surface area contributed by atoms with E-state index in [4.69, 9.17) is 0 Å². The first kappa shape index (κ1) is 9.30. The summed E-state index contributed by atoms with van der Waals surface area (Å²) >= 11 is 0. The van der Waals surface area contributed by atoms with Gasteiger partial charge in [0.1, 0.15) is 0 Å². The number of hydrogen-bond acceptors (Lipinski definition) is 0. The summed E-state index contributed by atoms with van der Waals surface area (Å²) in [5.74, 6) is 0.978. The van der Waals surface area contributed by atoms with E-state index < -0.39 is 0 Å². The Morgan fingerprint density at radius 3 is 2.08 bits per heavy atom. The average molecular weight is 178 g/mol. The minimum atomic E-state index is 0.978. The van der Waals surface area contributed by atoms with Crippen molar-refractivity contribution < 1.29 is 0 Å². The van der Waals surface area contributed by atoms with E-state index in [2.05, 4.69) is 6.92 Å². The molecule has 0 bridgehead atoms. The molecule has 2 aliphatic carbocycles. The molecule has 0 N–H and O–H groups in total.